The Labute approximate surface area is 201 Å². The van der Waals surface area contributed by atoms with Crippen molar-refractivity contribution >= 4 is 0 Å². The summed E-state index contributed by atoms with van der Waals surface area (Å²) >= 11 is 0. The highest BCUT2D eigenvalue weighted by Gasteiger charge is 2.34. The first kappa shape index (κ1) is 29.4. The first-order valence-corrected chi connectivity index (χ1v) is 14.1. The lowest BCUT2D eigenvalue weighted by Crippen LogP contribution is -2.28. The van der Waals surface area contributed by atoms with Gasteiger partial charge >= 0.3 is 0 Å². The molecule has 188 valence electrons. The fourth-order valence-corrected chi connectivity index (χ4v) is 5.88. The second-order valence-electron chi connectivity index (χ2n) is 11.0. The molecule has 0 aromatic rings. The Morgan fingerprint density at radius 2 is 1.44 bits per heavy atom. The Morgan fingerprint density at radius 1 is 0.781 bits per heavy atom. The summed E-state index contributed by atoms with van der Waals surface area (Å²) in [6.45, 7) is 6.18. The topological polar surface area (TPSA) is 23.5 Å². The summed E-state index contributed by atoms with van der Waals surface area (Å²) < 4.78 is 0. The Hall–Kier alpha value is -0.600. The molecule has 1 rings (SSSR count). The third-order valence-corrected chi connectivity index (χ3v) is 7.52. The van der Waals surface area contributed by atoms with Crippen LogP contribution in [0, 0.1) is 17.3 Å². The van der Waals surface area contributed by atoms with Gasteiger partial charge in [-0.2, -0.15) is 0 Å². The van der Waals surface area contributed by atoms with Crippen molar-refractivity contribution in [2.75, 3.05) is 27.2 Å². The molecule has 1 aliphatic rings. The average Bonchev–Trinajstić information content (AvgIpc) is 3.19. The second kappa shape index (κ2) is 18.8. The van der Waals surface area contributed by atoms with Gasteiger partial charge in [0.05, 0.1) is 0 Å². The molecule has 1 fully saturated rings. The first-order valence-electron chi connectivity index (χ1n) is 14.1. The lowest BCUT2D eigenvalue weighted by atomic mass is 9.72. The molecule has 1 N–H and O–H groups in total. The normalized spacial score (nSPS) is 21.3. The van der Waals surface area contributed by atoms with Crippen LogP contribution in [0.25, 0.3) is 0 Å². The zero-order chi connectivity index (χ0) is 23.5. The lowest BCUT2D eigenvalue weighted by Gasteiger charge is -2.34. The van der Waals surface area contributed by atoms with E-state index in [1.165, 1.54) is 109 Å². The average molecular weight is 448 g/mol. The molecule has 2 heteroatoms. The maximum Gasteiger partial charge on any atom is 0.0487 e. The second-order valence-corrected chi connectivity index (χ2v) is 11.0. The minimum Gasteiger partial charge on any atom is -0.396 e. The fraction of sp³-hybridized carbons (Fsp3) is 0.867. The van der Waals surface area contributed by atoms with Crippen LogP contribution in [-0.4, -0.2) is 37.3 Å². The number of allylic oxidation sites excluding steroid dienone is 4. The van der Waals surface area contributed by atoms with Crippen molar-refractivity contribution in [3.63, 3.8) is 0 Å². The molecule has 0 aliphatic heterocycles. The van der Waals surface area contributed by atoms with Crippen LogP contribution >= 0.6 is 0 Å². The number of hydrogen-bond acceptors (Lipinski definition) is 2. The lowest BCUT2D eigenvalue weighted by molar-refractivity contribution is 0.0725. The van der Waals surface area contributed by atoms with Crippen LogP contribution in [0.4, 0.5) is 0 Å². The van der Waals surface area contributed by atoms with Crippen molar-refractivity contribution in [3.8, 4) is 0 Å². The Balaban J connectivity index is 2.20. The van der Waals surface area contributed by atoms with E-state index >= 15 is 0 Å². The predicted octanol–water partition coefficient (Wildman–Crippen LogP) is 8.56. The molecule has 2 nitrogen and oxygen atoms in total. The van der Waals surface area contributed by atoms with Crippen LogP contribution in [0.1, 0.15) is 123 Å². The Kier molecular flexibility index (Phi) is 17.3. The molecule has 0 heterocycles. The molecule has 1 unspecified atom stereocenters. The molecule has 0 bridgehead atoms. The van der Waals surface area contributed by atoms with E-state index in [2.05, 4.69) is 57.1 Å². The van der Waals surface area contributed by atoms with Gasteiger partial charge in [-0.25, -0.2) is 0 Å². The highest BCUT2D eigenvalue weighted by Crippen LogP contribution is 2.43. The van der Waals surface area contributed by atoms with Crippen LogP contribution in [0.3, 0.4) is 0 Å². The van der Waals surface area contributed by atoms with Gasteiger partial charge in [0.15, 0.2) is 0 Å². The van der Waals surface area contributed by atoms with Gasteiger partial charge in [0.25, 0.3) is 0 Å². The van der Waals surface area contributed by atoms with Gasteiger partial charge in [-0.1, -0.05) is 83.1 Å². The summed E-state index contributed by atoms with van der Waals surface area (Å²) in [6, 6.07) is 0. The van der Waals surface area contributed by atoms with Crippen LogP contribution < -0.4 is 0 Å². The summed E-state index contributed by atoms with van der Waals surface area (Å²) in [5, 5.41) is 10.4. The van der Waals surface area contributed by atoms with E-state index in [9.17, 15) is 5.11 Å². The molecular formula is C30H57NO. The molecule has 1 saturated carbocycles. The third-order valence-electron chi connectivity index (χ3n) is 7.52. The van der Waals surface area contributed by atoms with Crippen molar-refractivity contribution in [2.45, 2.75) is 123 Å². The van der Waals surface area contributed by atoms with E-state index in [0.717, 1.165) is 18.3 Å². The van der Waals surface area contributed by atoms with Crippen LogP contribution in [0.5, 0.6) is 0 Å². The molecule has 1 aliphatic carbocycles. The summed E-state index contributed by atoms with van der Waals surface area (Å²) in [4.78, 5) is 2.35. The molecule has 0 spiro atoms. The van der Waals surface area contributed by atoms with Crippen LogP contribution in [0.2, 0.25) is 0 Å². The monoisotopic (exact) mass is 447 g/mol. The molecule has 0 aromatic heterocycles. The van der Waals surface area contributed by atoms with Crippen molar-refractivity contribution in [1.29, 1.82) is 0 Å². The van der Waals surface area contributed by atoms with Crippen molar-refractivity contribution in [1.82, 2.24) is 4.90 Å². The first-order chi connectivity index (χ1) is 15.5. The Morgan fingerprint density at radius 3 is 2.06 bits per heavy atom. The van der Waals surface area contributed by atoms with Crippen molar-refractivity contribution in [3.05, 3.63) is 24.3 Å². The summed E-state index contributed by atoms with van der Waals surface area (Å²) in [5.74, 6) is 1.71. The third kappa shape index (κ3) is 13.8. The summed E-state index contributed by atoms with van der Waals surface area (Å²) in [6.07, 6.45) is 31.2. The number of nitrogens with zero attached hydrogens (tertiary/aromatic N) is 1. The van der Waals surface area contributed by atoms with Crippen LogP contribution in [0.15, 0.2) is 24.3 Å². The quantitative estimate of drug-likeness (QED) is 0.149. The largest absolute Gasteiger partial charge is 0.396 e. The summed E-state index contributed by atoms with van der Waals surface area (Å²) in [7, 11) is 4.40. The zero-order valence-corrected chi connectivity index (χ0v) is 22.3. The van der Waals surface area contributed by atoms with E-state index in [0.29, 0.717) is 6.61 Å². The predicted molar refractivity (Wildman–Crippen MR) is 143 cm³/mol. The zero-order valence-electron chi connectivity index (χ0n) is 22.3. The maximum atomic E-state index is 10.4. The number of rotatable bonds is 20. The number of aliphatic hydroxyl groups is 1. The molecule has 0 saturated heterocycles. The molecule has 0 amide bonds. The minimum atomic E-state index is 0.190. The molecular weight excluding hydrogens is 390 g/mol. The van der Waals surface area contributed by atoms with Crippen LogP contribution in [-0.2, 0) is 0 Å². The van der Waals surface area contributed by atoms with E-state index in [1.54, 1.807) is 0 Å². The molecule has 0 radical (unpaired) electrons. The Bertz CT molecular complexity index is 483. The van der Waals surface area contributed by atoms with Gasteiger partial charge < -0.3 is 10.0 Å². The maximum absolute atomic E-state index is 10.4. The van der Waals surface area contributed by atoms with Gasteiger partial charge in [-0.3, -0.25) is 0 Å². The molecule has 32 heavy (non-hydrogen) atoms. The van der Waals surface area contributed by atoms with Gasteiger partial charge in [-0.15, -0.1) is 0 Å². The molecule has 0 aromatic carbocycles. The van der Waals surface area contributed by atoms with E-state index in [1.807, 2.05) is 0 Å². The highest BCUT2D eigenvalue weighted by atomic mass is 16.3. The number of hydrogen-bond donors (Lipinski definition) is 1. The number of unbranched alkanes of at least 4 members (excludes halogenated alkanes) is 7. The van der Waals surface area contributed by atoms with Gasteiger partial charge in [0.1, 0.15) is 0 Å². The van der Waals surface area contributed by atoms with E-state index in [4.69, 9.17) is 0 Å². The van der Waals surface area contributed by atoms with Gasteiger partial charge in [0.2, 0.25) is 0 Å². The van der Waals surface area contributed by atoms with Crippen molar-refractivity contribution in [2.24, 2.45) is 17.3 Å². The number of aliphatic hydroxyl groups excluding tert-OH is 1. The highest BCUT2D eigenvalue weighted by molar-refractivity contribution is 4.92. The molecule has 3 atom stereocenters. The summed E-state index contributed by atoms with van der Waals surface area (Å²) in [5.41, 5.74) is 0.190. The fourth-order valence-electron chi connectivity index (χ4n) is 5.88. The minimum absolute atomic E-state index is 0.190. The van der Waals surface area contributed by atoms with Crippen molar-refractivity contribution < 1.29 is 5.11 Å². The van der Waals surface area contributed by atoms with E-state index < -0.39 is 0 Å². The smallest absolute Gasteiger partial charge is 0.0487 e. The standard InChI is InChI=1S/C30H57NO/c1-5-7-8-9-10-11-12-13-14-15-16-17-18-19-23-30(27-32,22-6-2)25-28-20-21-29(24-28)26-31(3)4/h10-11,13-14,28-29,32H,5-9,12,15-27H2,1-4H3/b11-10-,14-13-/t28-,29+,30?/m0/s1. The SMILES string of the molecule is CCCCC/C=C\C/C=C\CCCCCCC(CO)(CCC)C[C@H]1CC[C@@H](CN(C)C)C1. The van der Waals surface area contributed by atoms with Gasteiger partial charge in [0, 0.05) is 13.2 Å². The van der Waals surface area contributed by atoms with Gasteiger partial charge in [-0.05, 0) is 95.6 Å². The van der Waals surface area contributed by atoms with E-state index in [-0.39, 0.29) is 5.41 Å².